The second-order valence-electron chi connectivity index (χ2n) is 9.34. The molecule has 4 rings (SSSR count). The number of carbonyl (C=O) groups excluding carboxylic acids is 3. The van der Waals surface area contributed by atoms with Crippen LogP contribution in [0.15, 0.2) is 71.7 Å². The molecule has 190 valence electrons. The van der Waals surface area contributed by atoms with E-state index in [0.717, 1.165) is 22.4 Å². The highest BCUT2D eigenvalue weighted by Gasteiger charge is 2.28. The van der Waals surface area contributed by atoms with Crippen LogP contribution >= 0.6 is 0 Å². The van der Waals surface area contributed by atoms with Gasteiger partial charge in [0.25, 0.3) is 0 Å². The van der Waals surface area contributed by atoms with Gasteiger partial charge in [0.15, 0.2) is 5.78 Å². The minimum atomic E-state index is -0.162. The van der Waals surface area contributed by atoms with Gasteiger partial charge in [0.05, 0.1) is 0 Å². The number of phenolic OH excluding ortho intramolecular Hbond substituents is 1. The molecule has 1 atom stereocenters. The molecule has 0 radical (unpaired) electrons. The third-order valence-corrected chi connectivity index (χ3v) is 6.47. The third kappa shape index (κ3) is 6.12. The van der Waals surface area contributed by atoms with Crippen molar-refractivity contribution >= 4 is 29.0 Å². The first-order valence-electron chi connectivity index (χ1n) is 12.5. The standard InChI is InChI=1S/C30H31N3O4/c1-19(17-26(31-2)20-12-14-21(34)15-13-20)18-28(36)32-16-6-11-27(35)33-25-10-5-9-24-29(25)22-7-3-4-8-23(22)30(24)37/h3-5,7-10,12-15,19,34H,6,11,16-18H2,1-2H3,(H,32,36)(H,33,35). The molecule has 0 heterocycles. The van der Waals surface area contributed by atoms with Crippen molar-refractivity contribution in [3.05, 3.63) is 83.4 Å². The van der Waals surface area contributed by atoms with Crippen molar-refractivity contribution in [1.82, 2.24) is 5.32 Å². The quantitative estimate of drug-likeness (QED) is 0.212. The average Bonchev–Trinajstić information content (AvgIpc) is 3.19. The third-order valence-electron chi connectivity index (χ3n) is 6.47. The van der Waals surface area contributed by atoms with Gasteiger partial charge in [-0.2, -0.15) is 0 Å². The van der Waals surface area contributed by atoms with Crippen molar-refractivity contribution in [1.29, 1.82) is 0 Å². The molecule has 0 spiro atoms. The molecular formula is C30H31N3O4. The second-order valence-corrected chi connectivity index (χ2v) is 9.34. The van der Waals surface area contributed by atoms with Gasteiger partial charge in [-0.1, -0.05) is 43.3 Å². The van der Waals surface area contributed by atoms with E-state index in [9.17, 15) is 19.5 Å². The van der Waals surface area contributed by atoms with Crippen LogP contribution in [0.3, 0.4) is 0 Å². The molecular weight excluding hydrogens is 466 g/mol. The number of aliphatic imine (C=N–C) groups is 1. The van der Waals surface area contributed by atoms with Crippen molar-refractivity contribution in [3.8, 4) is 16.9 Å². The highest BCUT2D eigenvalue weighted by atomic mass is 16.3. The Kier molecular flexibility index (Phi) is 8.13. The van der Waals surface area contributed by atoms with Crippen LogP contribution in [0.5, 0.6) is 5.75 Å². The number of fused-ring (bicyclic) bond motifs is 3. The summed E-state index contributed by atoms with van der Waals surface area (Å²) in [5.74, 6) is 0.0321. The van der Waals surface area contributed by atoms with E-state index in [1.165, 1.54) is 0 Å². The largest absolute Gasteiger partial charge is 0.508 e. The van der Waals surface area contributed by atoms with Crippen LogP contribution in [-0.4, -0.2) is 42.0 Å². The number of benzene rings is 3. The van der Waals surface area contributed by atoms with Crippen LogP contribution in [-0.2, 0) is 9.59 Å². The summed E-state index contributed by atoms with van der Waals surface area (Å²) in [6, 6.07) is 19.7. The van der Waals surface area contributed by atoms with Gasteiger partial charge >= 0.3 is 0 Å². The smallest absolute Gasteiger partial charge is 0.224 e. The van der Waals surface area contributed by atoms with Gasteiger partial charge < -0.3 is 15.7 Å². The first kappa shape index (κ1) is 25.8. The number of phenols is 1. The predicted molar refractivity (Wildman–Crippen MR) is 145 cm³/mol. The molecule has 0 aromatic heterocycles. The van der Waals surface area contributed by atoms with Crippen molar-refractivity contribution in [2.75, 3.05) is 18.9 Å². The van der Waals surface area contributed by atoms with E-state index >= 15 is 0 Å². The zero-order valence-corrected chi connectivity index (χ0v) is 21.1. The molecule has 2 amide bonds. The minimum absolute atomic E-state index is 0.0287. The Bertz CT molecular complexity index is 1350. The number of rotatable bonds is 10. The van der Waals surface area contributed by atoms with Gasteiger partial charge in [-0.25, -0.2) is 0 Å². The summed E-state index contributed by atoms with van der Waals surface area (Å²) in [6.45, 7) is 2.40. The summed E-state index contributed by atoms with van der Waals surface area (Å²) < 4.78 is 0. The molecule has 37 heavy (non-hydrogen) atoms. The molecule has 1 aliphatic carbocycles. The lowest BCUT2D eigenvalue weighted by atomic mass is 9.96. The molecule has 1 aliphatic rings. The maximum Gasteiger partial charge on any atom is 0.224 e. The van der Waals surface area contributed by atoms with E-state index in [1.807, 2.05) is 37.3 Å². The van der Waals surface area contributed by atoms with Gasteiger partial charge in [-0.05, 0) is 60.2 Å². The van der Waals surface area contributed by atoms with E-state index in [1.54, 1.807) is 43.4 Å². The Balaban J connectivity index is 1.22. The lowest BCUT2D eigenvalue weighted by Crippen LogP contribution is -2.27. The number of hydrogen-bond acceptors (Lipinski definition) is 5. The Labute approximate surface area is 216 Å². The number of anilines is 1. The van der Waals surface area contributed by atoms with Crippen LogP contribution in [0.2, 0.25) is 0 Å². The van der Waals surface area contributed by atoms with E-state index in [0.29, 0.717) is 42.6 Å². The number of aromatic hydroxyl groups is 1. The summed E-state index contributed by atoms with van der Waals surface area (Å²) >= 11 is 0. The molecule has 1 unspecified atom stereocenters. The summed E-state index contributed by atoms with van der Waals surface area (Å²) in [6.07, 6.45) is 1.76. The van der Waals surface area contributed by atoms with E-state index in [2.05, 4.69) is 15.6 Å². The number of carbonyl (C=O) groups is 3. The van der Waals surface area contributed by atoms with Crippen LogP contribution in [0.4, 0.5) is 5.69 Å². The molecule has 0 aliphatic heterocycles. The average molecular weight is 498 g/mol. The first-order valence-corrected chi connectivity index (χ1v) is 12.5. The van der Waals surface area contributed by atoms with Gasteiger partial charge in [0.1, 0.15) is 5.75 Å². The normalized spacial score (nSPS) is 13.0. The van der Waals surface area contributed by atoms with Crippen LogP contribution in [0.1, 0.15) is 54.1 Å². The van der Waals surface area contributed by atoms with Gasteiger partial charge in [-0.15, -0.1) is 0 Å². The van der Waals surface area contributed by atoms with Crippen molar-refractivity contribution < 1.29 is 19.5 Å². The Morgan fingerprint density at radius 3 is 2.32 bits per heavy atom. The molecule has 0 saturated heterocycles. The molecule has 3 N–H and O–H groups in total. The van der Waals surface area contributed by atoms with Crippen molar-refractivity contribution in [2.45, 2.75) is 32.6 Å². The van der Waals surface area contributed by atoms with Crippen molar-refractivity contribution in [3.63, 3.8) is 0 Å². The molecule has 7 nitrogen and oxygen atoms in total. The lowest BCUT2D eigenvalue weighted by molar-refractivity contribution is -0.122. The zero-order valence-electron chi connectivity index (χ0n) is 21.1. The van der Waals surface area contributed by atoms with E-state index in [4.69, 9.17) is 0 Å². The first-order chi connectivity index (χ1) is 17.9. The van der Waals surface area contributed by atoms with Crippen LogP contribution < -0.4 is 10.6 Å². The number of nitrogens with one attached hydrogen (secondary N) is 2. The number of hydrogen-bond donors (Lipinski definition) is 3. The van der Waals surface area contributed by atoms with Gasteiger partial charge in [0.2, 0.25) is 11.8 Å². The molecule has 0 saturated carbocycles. The Hall–Kier alpha value is -4.26. The van der Waals surface area contributed by atoms with Gasteiger partial charge in [0, 0.05) is 54.5 Å². The van der Waals surface area contributed by atoms with Crippen LogP contribution in [0.25, 0.3) is 11.1 Å². The molecule has 7 heteroatoms. The SMILES string of the molecule is CN=C(CC(C)CC(=O)NCCCC(=O)Nc1cccc2c1-c1ccccc1C2=O)c1ccc(O)cc1. The fourth-order valence-electron chi connectivity index (χ4n) is 4.65. The van der Waals surface area contributed by atoms with E-state index in [-0.39, 0.29) is 35.7 Å². The predicted octanol–water partition coefficient (Wildman–Crippen LogP) is 4.97. The summed E-state index contributed by atoms with van der Waals surface area (Å²) in [4.78, 5) is 42.0. The van der Waals surface area contributed by atoms with Crippen molar-refractivity contribution in [2.24, 2.45) is 10.9 Å². The summed E-state index contributed by atoms with van der Waals surface area (Å²) in [7, 11) is 1.72. The highest BCUT2D eigenvalue weighted by molar-refractivity contribution is 6.24. The molecule has 0 fully saturated rings. The molecule has 3 aromatic carbocycles. The fraction of sp³-hybridized carbons (Fsp3) is 0.267. The number of amides is 2. The topological polar surface area (TPSA) is 108 Å². The minimum Gasteiger partial charge on any atom is -0.508 e. The summed E-state index contributed by atoms with van der Waals surface area (Å²) in [5.41, 5.74) is 5.28. The number of ketones is 1. The maximum absolute atomic E-state index is 12.7. The zero-order chi connectivity index (χ0) is 26.4. The Morgan fingerprint density at radius 2 is 1.59 bits per heavy atom. The maximum atomic E-state index is 12.7. The second kappa shape index (κ2) is 11.6. The summed E-state index contributed by atoms with van der Waals surface area (Å²) in [5, 5.41) is 15.3. The Morgan fingerprint density at radius 1 is 0.892 bits per heavy atom. The highest BCUT2D eigenvalue weighted by Crippen LogP contribution is 2.41. The van der Waals surface area contributed by atoms with Gasteiger partial charge in [-0.3, -0.25) is 19.4 Å². The lowest BCUT2D eigenvalue weighted by Gasteiger charge is -2.14. The number of nitrogens with zero attached hydrogens (tertiary/aromatic N) is 1. The fourth-order valence-corrected chi connectivity index (χ4v) is 4.65. The molecule has 0 bridgehead atoms. The monoisotopic (exact) mass is 497 g/mol. The van der Waals surface area contributed by atoms with Crippen LogP contribution in [0, 0.1) is 5.92 Å². The molecule has 3 aromatic rings. The van der Waals surface area contributed by atoms with E-state index < -0.39 is 0 Å².